The van der Waals surface area contributed by atoms with Gasteiger partial charge in [-0.15, -0.1) is 0 Å². The normalized spacial score (nSPS) is 18.3. The van der Waals surface area contributed by atoms with Crippen LogP contribution in [-0.4, -0.2) is 60.1 Å². The van der Waals surface area contributed by atoms with Crippen molar-refractivity contribution in [1.29, 1.82) is 0 Å². The third-order valence-electron chi connectivity index (χ3n) is 3.41. The Morgan fingerprint density at radius 3 is 2.44 bits per heavy atom. The summed E-state index contributed by atoms with van der Waals surface area (Å²) in [6.45, 7) is 2.99. The van der Waals surface area contributed by atoms with Crippen molar-refractivity contribution in [2.24, 2.45) is 0 Å². The van der Waals surface area contributed by atoms with E-state index in [0.717, 1.165) is 13.0 Å². The van der Waals surface area contributed by atoms with Gasteiger partial charge in [0, 0.05) is 33.3 Å². The summed E-state index contributed by atoms with van der Waals surface area (Å²) >= 11 is 0. The van der Waals surface area contributed by atoms with E-state index in [-0.39, 0.29) is 18.6 Å². The number of aliphatic hydroxyl groups is 1. The summed E-state index contributed by atoms with van der Waals surface area (Å²) in [5, 5.41) is 8.90. The van der Waals surface area contributed by atoms with Gasteiger partial charge in [0.1, 0.15) is 0 Å². The number of nitrogens with zero attached hydrogens (tertiary/aromatic N) is 2. The minimum absolute atomic E-state index is 0.0631. The molecule has 0 heterocycles. The van der Waals surface area contributed by atoms with Crippen molar-refractivity contribution >= 4 is 5.91 Å². The first-order valence-corrected chi connectivity index (χ1v) is 6.15. The molecule has 1 saturated carbocycles. The molecule has 94 valence electrons. The standard InChI is InChI=1S/C12H24N2O2/c1-10(12(16)13(2)3)14(8-5-9-15)11-6-4-7-11/h10-11,15H,4-9H2,1-3H3. The van der Waals surface area contributed by atoms with Gasteiger partial charge in [0.25, 0.3) is 0 Å². The van der Waals surface area contributed by atoms with Crippen LogP contribution in [0, 0.1) is 0 Å². The number of likely N-dealkylation sites (N-methyl/N-ethyl adjacent to an activating group) is 1. The fourth-order valence-electron chi connectivity index (χ4n) is 2.18. The van der Waals surface area contributed by atoms with Crippen LogP contribution in [0.4, 0.5) is 0 Å². The predicted octanol–water partition coefficient (Wildman–Crippen LogP) is 0.700. The largest absolute Gasteiger partial charge is 0.396 e. The number of aliphatic hydroxyl groups excluding tert-OH is 1. The van der Waals surface area contributed by atoms with E-state index in [1.165, 1.54) is 19.3 Å². The van der Waals surface area contributed by atoms with Crippen LogP contribution in [0.15, 0.2) is 0 Å². The number of amides is 1. The van der Waals surface area contributed by atoms with E-state index < -0.39 is 0 Å². The molecule has 1 aliphatic rings. The number of hydrogen-bond acceptors (Lipinski definition) is 3. The molecule has 1 N–H and O–H groups in total. The van der Waals surface area contributed by atoms with Crippen LogP contribution >= 0.6 is 0 Å². The molecule has 1 unspecified atom stereocenters. The summed E-state index contributed by atoms with van der Waals surface area (Å²) < 4.78 is 0. The van der Waals surface area contributed by atoms with Crippen LogP contribution in [0.5, 0.6) is 0 Å². The van der Waals surface area contributed by atoms with Crippen molar-refractivity contribution in [1.82, 2.24) is 9.80 Å². The summed E-state index contributed by atoms with van der Waals surface area (Å²) in [5.41, 5.74) is 0. The van der Waals surface area contributed by atoms with Gasteiger partial charge >= 0.3 is 0 Å². The molecule has 0 radical (unpaired) electrons. The molecular formula is C12H24N2O2. The molecule has 1 atom stereocenters. The smallest absolute Gasteiger partial charge is 0.239 e. The highest BCUT2D eigenvalue weighted by molar-refractivity contribution is 5.81. The second-order valence-corrected chi connectivity index (χ2v) is 4.81. The Labute approximate surface area is 98.2 Å². The van der Waals surface area contributed by atoms with Gasteiger partial charge < -0.3 is 10.0 Å². The average Bonchev–Trinajstić information content (AvgIpc) is 2.18. The predicted molar refractivity (Wildman–Crippen MR) is 64.2 cm³/mol. The first kappa shape index (κ1) is 13.5. The number of carbonyl (C=O) groups excluding carboxylic acids is 1. The van der Waals surface area contributed by atoms with Crippen LogP contribution in [0.2, 0.25) is 0 Å². The van der Waals surface area contributed by atoms with Crippen molar-refractivity contribution in [3.05, 3.63) is 0 Å². The van der Waals surface area contributed by atoms with E-state index in [4.69, 9.17) is 5.11 Å². The van der Waals surface area contributed by atoms with Crippen molar-refractivity contribution < 1.29 is 9.90 Å². The lowest BCUT2D eigenvalue weighted by Gasteiger charge is -2.41. The summed E-state index contributed by atoms with van der Waals surface area (Å²) in [4.78, 5) is 15.8. The van der Waals surface area contributed by atoms with Crippen LogP contribution in [-0.2, 0) is 4.79 Å². The minimum atomic E-state index is -0.0631. The lowest BCUT2D eigenvalue weighted by Crippen LogP contribution is -2.52. The lowest BCUT2D eigenvalue weighted by molar-refractivity contribution is -0.135. The zero-order valence-electron chi connectivity index (χ0n) is 10.6. The van der Waals surface area contributed by atoms with Crippen LogP contribution < -0.4 is 0 Å². The molecule has 0 aliphatic heterocycles. The minimum Gasteiger partial charge on any atom is -0.396 e. The molecule has 16 heavy (non-hydrogen) atoms. The third-order valence-corrected chi connectivity index (χ3v) is 3.41. The molecule has 1 aliphatic carbocycles. The fraction of sp³-hybridized carbons (Fsp3) is 0.917. The molecule has 4 nitrogen and oxygen atoms in total. The Balaban J connectivity index is 2.55. The average molecular weight is 228 g/mol. The van der Waals surface area contributed by atoms with Gasteiger partial charge in [-0.25, -0.2) is 0 Å². The molecule has 0 spiro atoms. The van der Waals surface area contributed by atoms with Crippen LogP contribution in [0.3, 0.4) is 0 Å². The lowest BCUT2D eigenvalue weighted by atomic mass is 9.90. The quantitative estimate of drug-likeness (QED) is 0.728. The van der Waals surface area contributed by atoms with Crippen molar-refractivity contribution in [2.45, 2.75) is 44.7 Å². The highest BCUT2D eigenvalue weighted by atomic mass is 16.3. The topological polar surface area (TPSA) is 43.8 Å². The van der Waals surface area contributed by atoms with Gasteiger partial charge in [-0.1, -0.05) is 6.42 Å². The number of rotatable bonds is 6. The molecule has 0 aromatic rings. The third kappa shape index (κ3) is 3.19. The Bertz CT molecular complexity index is 227. The molecule has 0 aromatic heterocycles. The van der Waals surface area contributed by atoms with Gasteiger partial charge in [-0.05, 0) is 26.2 Å². The van der Waals surface area contributed by atoms with E-state index in [9.17, 15) is 4.79 Å². The van der Waals surface area contributed by atoms with Gasteiger partial charge in [0.15, 0.2) is 0 Å². The highest BCUT2D eigenvalue weighted by Gasteiger charge is 2.31. The Hall–Kier alpha value is -0.610. The van der Waals surface area contributed by atoms with Gasteiger partial charge in [0.2, 0.25) is 5.91 Å². The summed E-state index contributed by atoms with van der Waals surface area (Å²) in [5.74, 6) is 0.157. The monoisotopic (exact) mass is 228 g/mol. The second-order valence-electron chi connectivity index (χ2n) is 4.81. The van der Waals surface area contributed by atoms with Crippen molar-refractivity contribution in [3.63, 3.8) is 0 Å². The van der Waals surface area contributed by atoms with Gasteiger partial charge in [-0.3, -0.25) is 9.69 Å². The van der Waals surface area contributed by atoms with Gasteiger partial charge in [-0.2, -0.15) is 0 Å². The Kier molecular flexibility index (Phi) is 5.22. The second kappa shape index (κ2) is 6.21. The first-order chi connectivity index (χ1) is 7.57. The number of carbonyl (C=O) groups is 1. The highest BCUT2D eigenvalue weighted by Crippen LogP contribution is 2.26. The summed E-state index contributed by atoms with van der Waals surface area (Å²) in [6, 6.07) is 0.484. The van der Waals surface area contributed by atoms with Crippen LogP contribution in [0.25, 0.3) is 0 Å². The SMILES string of the molecule is CC(C(=O)N(C)C)N(CCCO)C1CCC1. The van der Waals surface area contributed by atoms with Gasteiger partial charge in [0.05, 0.1) is 6.04 Å². The van der Waals surface area contributed by atoms with E-state index in [2.05, 4.69) is 4.90 Å². The molecule has 0 aromatic carbocycles. The molecule has 4 heteroatoms. The maximum atomic E-state index is 11.9. The summed E-state index contributed by atoms with van der Waals surface area (Å²) in [7, 11) is 3.59. The fourth-order valence-corrected chi connectivity index (χ4v) is 2.18. The molecule has 1 fully saturated rings. The zero-order chi connectivity index (χ0) is 12.1. The molecule has 0 bridgehead atoms. The Morgan fingerprint density at radius 2 is 2.06 bits per heavy atom. The zero-order valence-corrected chi connectivity index (χ0v) is 10.6. The van der Waals surface area contributed by atoms with E-state index in [1.54, 1.807) is 19.0 Å². The molecule has 1 amide bonds. The molecule has 0 saturated heterocycles. The van der Waals surface area contributed by atoms with Crippen LogP contribution in [0.1, 0.15) is 32.6 Å². The van der Waals surface area contributed by atoms with E-state index >= 15 is 0 Å². The van der Waals surface area contributed by atoms with E-state index in [0.29, 0.717) is 6.04 Å². The van der Waals surface area contributed by atoms with Crippen molar-refractivity contribution in [2.75, 3.05) is 27.2 Å². The Morgan fingerprint density at radius 1 is 1.44 bits per heavy atom. The van der Waals surface area contributed by atoms with E-state index in [1.807, 2.05) is 6.92 Å². The number of hydrogen-bond donors (Lipinski definition) is 1. The maximum Gasteiger partial charge on any atom is 0.239 e. The molecule has 1 rings (SSSR count). The maximum absolute atomic E-state index is 11.9. The summed E-state index contributed by atoms with van der Waals surface area (Å²) in [6.07, 6.45) is 4.40. The van der Waals surface area contributed by atoms with Crippen molar-refractivity contribution in [3.8, 4) is 0 Å². The first-order valence-electron chi connectivity index (χ1n) is 6.15. The molecular weight excluding hydrogens is 204 g/mol.